The Morgan fingerprint density at radius 2 is 2.23 bits per heavy atom. The van der Waals surface area contributed by atoms with E-state index in [1.165, 1.54) is 0 Å². The van der Waals surface area contributed by atoms with E-state index in [1.807, 2.05) is 0 Å². The Balaban J connectivity index is 3.28. The molecule has 1 rings (SSSR count). The molecule has 2 N–H and O–H groups in total. The minimum absolute atomic E-state index is 0.174. The molecule has 2 nitrogen and oxygen atoms in total. The predicted octanol–water partition coefficient (Wildman–Crippen LogP) is 2.59. The molecule has 0 saturated heterocycles. The SMILES string of the molecule is Nc1cc(F)cc(C(=O)CCl)c1Br. The zero-order chi connectivity index (χ0) is 10.0. The quantitative estimate of drug-likeness (QED) is 0.508. The highest BCUT2D eigenvalue weighted by Crippen LogP contribution is 2.25. The van der Waals surface area contributed by atoms with Gasteiger partial charge in [0, 0.05) is 11.3 Å². The van der Waals surface area contributed by atoms with Crippen LogP contribution >= 0.6 is 27.5 Å². The van der Waals surface area contributed by atoms with Crippen LogP contribution in [0.1, 0.15) is 10.4 Å². The zero-order valence-electron chi connectivity index (χ0n) is 6.48. The summed E-state index contributed by atoms with van der Waals surface area (Å²) in [5.74, 6) is -1.10. The molecule has 1 aromatic carbocycles. The van der Waals surface area contributed by atoms with Crippen molar-refractivity contribution in [2.45, 2.75) is 0 Å². The van der Waals surface area contributed by atoms with Crippen molar-refractivity contribution < 1.29 is 9.18 Å². The second kappa shape index (κ2) is 4.07. The monoisotopic (exact) mass is 265 g/mol. The molecule has 0 unspecified atom stereocenters. The van der Waals surface area contributed by atoms with Gasteiger partial charge < -0.3 is 5.73 Å². The van der Waals surface area contributed by atoms with Gasteiger partial charge in [-0.2, -0.15) is 0 Å². The van der Waals surface area contributed by atoms with Gasteiger partial charge in [0.15, 0.2) is 5.78 Å². The summed E-state index contributed by atoms with van der Waals surface area (Å²) in [4.78, 5) is 11.2. The van der Waals surface area contributed by atoms with E-state index in [1.54, 1.807) is 0 Å². The van der Waals surface area contributed by atoms with Crippen molar-refractivity contribution in [3.05, 3.63) is 28.0 Å². The summed E-state index contributed by atoms with van der Waals surface area (Å²) in [7, 11) is 0. The van der Waals surface area contributed by atoms with E-state index in [4.69, 9.17) is 17.3 Å². The molecule has 1 aromatic rings. The molecule has 5 heteroatoms. The Morgan fingerprint density at radius 3 is 2.77 bits per heavy atom. The molecule has 0 amide bonds. The third-order valence-electron chi connectivity index (χ3n) is 1.49. The van der Waals surface area contributed by atoms with Crippen LogP contribution in [-0.4, -0.2) is 11.7 Å². The Kier molecular flexibility index (Phi) is 3.27. The largest absolute Gasteiger partial charge is 0.398 e. The van der Waals surface area contributed by atoms with Crippen molar-refractivity contribution in [2.75, 3.05) is 11.6 Å². The maximum Gasteiger partial charge on any atom is 0.178 e. The summed E-state index contributed by atoms with van der Waals surface area (Å²) < 4.78 is 13.2. The normalized spacial score (nSPS) is 10.1. The predicted molar refractivity (Wildman–Crippen MR) is 53.6 cm³/mol. The number of alkyl halides is 1. The van der Waals surface area contributed by atoms with Gasteiger partial charge in [-0.05, 0) is 28.1 Å². The van der Waals surface area contributed by atoms with Gasteiger partial charge >= 0.3 is 0 Å². The van der Waals surface area contributed by atoms with Gasteiger partial charge in [0.1, 0.15) is 5.82 Å². The van der Waals surface area contributed by atoms with Gasteiger partial charge in [0.2, 0.25) is 0 Å². The second-order valence-electron chi connectivity index (χ2n) is 2.41. The van der Waals surface area contributed by atoms with Gasteiger partial charge in [-0.3, -0.25) is 4.79 Å². The first-order valence-corrected chi connectivity index (χ1v) is 4.72. The second-order valence-corrected chi connectivity index (χ2v) is 3.47. The van der Waals surface area contributed by atoms with Crippen LogP contribution in [-0.2, 0) is 0 Å². The van der Waals surface area contributed by atoms with Gasteiger partial charge in [-0.25, -0.2) is 4.39 Å². The molecule has 0 aliphatic heterocycles. The molecule has 0 bridgehead atoms. The van der Waals surface area contributed by atoms with Gasteiger partial charge in [0.05, 0.1) is 10.4 Å². The fraction of sp³-hybridized carbons (Fsp3) is 0.125. The van der Waals surface area contributed by atoms with E-state index in [0.717, 1.165) is 12.1 Å². The molecule has 13 heavy (non-hydrogen) atoms. The number of nitrogen functional groups attached to an aromatic ring is 1. The molecule has 0 saturated carbocycles. The maximum absolute atomic E-state index is 12.8. The molecule has 0 heterocycles. The molecule has 70 valence electrons. The van der Waals surface area contributed by atoms with Crippen LogP contribution in [0, 0.1) is 5.82 Å². The number of hydrogen-bond acceptors (Lipinski definition) is 2. The first-order valence-electron chi connectivity index (χ1n) is 3.40. The maximum atomic E-state index is 12.8. The summed E-state index contributed by atoms with van der Waals surface area (Å²) in [6.07, 6.45) is 0. The summed E-state index contributed by atoms with van der Waals surface area (Å²) in [6, 6.07) is 2.24. The molecular weight excluding hydrogens is 260 g/mol. The molecule has 0 radical (unpaired) electrons. The van der Waals surface area contributed by atoms with E-state index in [9.17, 15) is 9.18 Å². The van der Waals surface area contributed by atoms with Crippen molar-refractivity contribution >= 4 is 39.0 Å². The van der Waals surface area contributed by atoms with Crippen molar-refractivity contribution in [1.29, 1.82) is 0 Å². The minimum atomic E-state index is -0.547. The lowest BCUT2D eigenvalue weighted by Gasteiger charge is -2.04. The minimum Gasteiger partial charge on any atom is -0.398 e. The Hall–Kier alpha value is -0.610. The Morgan fingerprint density at radius 1 is 1.62 bits per heavy atom. The number of ketones is 1. The zero-order valence-corrected chi connectivity index (χ0v) is 8.82. The van der Waals surface area contributed by atoms with Crippen molar-refractivity contribution in [1.82, 2.24) is 0 Å². The average Bonchev–Trinajstić information content (AvgIpc) is 2.10. The standard InChI is InChI=1S/C8H6BrClFNO/c9-8-5(7(13)3-10)1-4(11)2-6(8)12/h1-2H,3,12H2. The highest BCUT2D eigenvalue weighted by Gasteiger charge is 2.12. The molecule has 0 aromatic heterocycles. The highest BCUT2D eigenvalue weighted by atomic mass is 79.9. The number of Topliss-reactive ketones (excluding diaryl/α,β-unsaturated/α-hetero) is 1. The first kappa shape index (κ1) is 10.5. The number of anilines is 1. The van der Waals surface area contributed by atoms with Crippen LogP contribution in [0.2, 0.25) is 0 Å². The lowest BCUT2D eigenvalue weighted by Crippen LogP contribution is -2.04. The number of nitrogens with two attached hydrogens (primary N) is 1. The van der Waals surface area contributed by atoms with E-state index in [0.29, 0.717) is 4.47 Å². The number of carbonyl (C=O) groups excluding carboxylic acids is 1. The van der Waals surface area contributed by atoms with Crippen LogP contribution in [0.15, 0.2) is 16.6 Å². The summed E-state index contributed by atoms with van der Waals surface area (Å²) in [5, 5.41) is 0. The molecule has 0 aliphatic rings. The fourth-order valence-electron chi connectivity index (χ4n) is 0.885. The highest BCUT2D eigenvalue weighted by molar-refractivity contribution is 9.10. The van der Waals surface area contributed by atoms with Crippen molar-refractivity contribution in [2.24, 2.45) is 0 Å². The lowest BCUT2D eigenvalue weighted by atomic mass is 10.1. The molecule has 0 atom stereocenters. The summed E-state index contributed by atoms with van der Waals surface area (Å²) >= 11 is 8.41. The van der Waals surface area contributed by atoms with Crippen molar-refractivity contribution in [3.63, 3.8) is 0 Å². The van der Waals surface area contributed by atoms with E-state index in [-0.39, 0.29) is 22.9 Å². The van der Waals surface area contributed by atoms with Crippen LogP contribution in [0.4, 0.5) is 10.1 Å². The molecular formula is C8H6BrClFNO. The van der Waals surface area contributed by atoms with Crippen LogP contribution < -0.4 is 5.73 Å². The van der Waals surface area contributed by atoms with Gasteiger partial charge in [0.25, 0.3) is 0 Å². The topological polar surface area (TPSA) is 43.1 Å². The van der Waals surface area contributed by atoms with E-state index < -0.39 is 5.82 Å². The summed E-state index contributed by atoms with van der Waals surface area (Å²) in [5.41, 5.74) is 5.79. The smallest absolute Gasteiger partial charge is 0.178 e. The van der Waals surface area contributed by atoms with E-state index in [2.05, 4.69) is 15.9 Å². The number of rotatable bonds is 2. The number of benzene rings is 1. The van der Waals surface area contributed by atoms with Crippen LogP contribution in [0.3, 0.4) is 0 Å². The lowest BCUT2D eigenvalue weighted by molar-refractivity contribution is 0.102. The number of hydrogen-bond donors (Lipinski definition) is 1. The molecule has 0 spiro atoms. The van der Waals surface area contributed by atoms with Crippen molar-refractivity contribution in [3.8, 4) is 0 Å². The average molecular weight is 266 g/mol. The van der Waals surface area contributed by atoms with E-state index >= 15 is 0 Å². The third kappa shape index (κ3) is 2.19. The Bertz CT molecular complexity index is 356. The fourth-order valence-corrected chi connectivity index (χ4v) is 1.48. The molecule has 0 aliphatic carbocycles. The van der Waals surface area contributed by atoms with Gasteiger partial charge in [-0.15, -0.1) is 11.6 Å². The first-order chi connectivity index (χ1) is 6.06. The Labute approximate surface area is 88.0 Å². The molecule has 0 fully saturated rings. The van der Waals surface area contributed by atoms with Crippen LogP contribution in [0.5, 0.6) is 0 Å². The number of carbonyl (C=O) groups is 1. The number of halogens is 3. The summed E-state index contributed by atoms with van der Waals surface area (Å²) in [6.45, 7) is 0. The van der Waals surface area contributed by atoms with Gasteiger partial charge in [-0.1, -0.05) is 0 Å². The van der Waals surface area contributed by atoms with Crippen LogP contribution in [0.25, 0.3) is 0 Å². The third-order valence-corrected chi connectivity index (χ3v) is 2.62.